The first-order valence-electron chi connectivity index (χ1n) is 27.2. The van der Waals surface area contributed by atoms with Gasteiger partial charge in [0, 0.05) is 16.4 Å². The minimum Gasteiger partial charge on any atom is -0.488 e. The van der Waals surface area contributed by atoms with Crippen LogP contribution in [0.15, 0.2) is 127 Å². The Bertz CT molecular complexity index is 3350. The number of carbonyl (C=O) groups excluding carboxylic acids is 4. The maximum absolute atomic E-state index is 12.9. The molecule has 11 rings (SSSR count). The third-order valence-corrected chi connectivity index (χ3v) is 17.8. The zero-order valence-corrected chi connectivity index (χ0v) is 46.7. The van der Waals surface area contributed by atoms with Gasteiger partial charge in [-0.05, 0) is 158 Å². The molecule has 0 N–H and O–H groups in total. The highest BCUT2D eigenvalue weighted by Crippen LogP contribution is 2.67. The molecule has 394 valence electrons. The van der Waals surface area contributed by atoms with Crippen molar-refractivity contribution in [2.24, 2.45) is 0 Å². The van der Waals surface area contributed by atoms with Crippen LogP contribution in [0.5, 0.6) is 17.2 Å². The van der Waals surface area contributed by atoms with Gasteiger partial charge in [0.1, 0.15) is 37.1 Å². The third-order valence-electron chi connectivity index (χ3n) is 17.8. The first kappa shape index (κ1) is 53.0. The van der Waals surface area contributed by atoms with Crippen molar-refractivity contribution in [3.63, 3.8) is 0 Å². The summed E-state index contributed by atoms with van der Waals surface area (Å²) < 4.78 is 19.0. The molecule has 0 bridgehead atoms. The smallest absolute Gasteiger partial charge is 0.154 e. The number of ether oxygens (including phenoxy) is 3. The number of hydrogen-bond acceptors (Lipinski definition) is 7. The van der Waals surface area contributed by atoms with Crippen LogP contribution in [0, 0.1) is 20.8 Å². The van der Waals surface area contributed by atoms with E-state index in [0.717, 1.165) is 123 Å². The molecule has 7 heteroatoms. The molecule has 0 heterocycles. The van der Waals surface area contributed by atoms with Crippen molar-refractivity contribution < 1.29 is 33.4 Å². The predicted octanol–water partition coefficient (Wildman–Crippen LogP) is 15.6. The molecule has 4 aliphatic rings. The Morgan fingerprint density at radius 1 is 0.377 bits per heavy atom. The number of hydrogen-bond donors (Lipinski definition) is 0. The van der Waals surface area contributed by atoms with E-state index in [2.05, 4.69) is 86.6 Å². The lowest BCUT2D eigenvalue weighted by molar-refractivity contribution is 0.110. The summed E-state index contributed by atoms with van der Waals surface area (Å²) in [6.07, 6.45) is 7.22. The molecule has 0 saturated carbocycles. The van der Waals surface area contributed by atoms with Crippen LogP contribution in [0.25, 0.3) is 0 Å². The summed E-state index contributed by atoms with van der Waals surface area (Å²) in [5.74, 6) is 1.82. The highest BCUT2D eigenvalue weighted by atomic mass is 16.5. The zero-order valence-electron chi connectivity index (χ0n) is 46.7. The highest BCUT2D eigenvalue weighted by molar-refractivity contribution is 5.91. The second kappa shape index (κ2) is 19.6. The molecule has 2 spiro atoms. The SMILES string of the molecule is CC1(C)CC2(CC(C)(C)c3ccc(OCc4ccccc4)c(C=O)c32)c2c1ccc(OCc1ccccc1)c2C=O.Cc1cc2c(c(C=O)c1C)[C@]1(CC2(C)C)CC(C)(C)c2cc(C)c(OCc3ccccc3)c(C=O)c21. The van der Waals surface area contributed by atoms with Crippen LogP contribution in [0.2, 0.25) is 0 Å². The van der Waals surface area contributed by atoms with Gasteiger partial charge in [-0.15, -0.1) is 0 Å². The van der Waals surface area contributed by atoms with Gasteiger partial charge >= 0.3 is 0 Å². The minimum atomic E-state index is -0.525. The number of rotatable bonds is 13. The first-order valence-corrected chi connectivity index (χ1v) is 27.2. The maximum Gasteiger partial charge on any atom is 0.154 e. The van der Waals surface area contributed by atoms with Crippen molar-refractivity contribution in [2.75, 3.05) is 0 Å². The number of fused-ring (bicyclic) bond motifs is 8. The topological polar surface area (TPSA) is 96.0 Å². The fraction of sp³-hybridized carbons (Fsp3) is 0.343. The van der Waals surface area contributed by atoms with Crippen LogP contribution in [0.1, 0.15) is 200 Å². The molecular weight excluding hydrogens is 953 g/mol. The molecule has 0 fully saturated rings. The fourth-order valence-electron chi connectivity index (χ4n) is 14.8. The molecule has 1 atom stereocenters. The second-order valence-electron chi connectivity index (χ2n) is 25.0. The van der Waals surface area contributed by atoms with Crippen molar-refractivity contribution in [3.05, 3.63) is 228 Å². The highest BCUT2D eigenvalue weighted by Gasteiger charge is 2.60. The lowest BCUT2D eigenvalue weighted by Crippen LogP contribution is -2.29. The molecule has 4 aliphatic carbocycles. The molecule has 7 aromatic rings. The largest absolute Gasteiger partial charge is 0.488 e. The molecular formula is C70H72O7. The van der Waals surface area contributed by atoms with Gasteiger partial charge in [0.25, 0.3) is 0 Å². The monoisotopic (exact) mass is 1020 g/mol. The Balaban J connectivity index is 0.000000176. The molecule has 0 amide bonds. The summed E-state index contributed by atoms with van der Waals surface area (Å²) in [7, 11) is 0. The van der Waals surface area contributed by atoms with Gasteiger partial charge in [0.05, 0.1) is 16.7 Å². The molecule has 77 heavy (non-hydrogen) atoms. The van der Waals surface area contributed by atoms with Crippen LogP contribution in [-0.4, -0.2) is 25.1 Å². The minimum absolute atomic E-state index is 0.126. The molecule has 0 radical (unpaired) electrons. The van der Waals surface area contributed by atoms with Crippen LogP contribution < -0.4 is 14.2 Å². The van der Waals surface area contributed by atoms with Gasteiger partial charge < -0.3 is 14.2 Å². The Kier molecular flexibility index (Phi) is 13.5. The number of carbonyl (C=O) groups is 4. The number of aldehydes is 4. The third kappa shape index (κ3) is 8.84. The average Bonchev–Trinajstić information content (AvgIpc) is 4.14. The van der Waals surface area contributed by atoms with Crippen molar-refractivity contribution in [2.45, 2.75) is 154 Å². The summed E-state index contributed by atoms with van der Waals surface area (Å²) in [6.45, 7) is 25.3. The van der Waals surface area contributed by atoms with Crippen LogP contribution >= 0.6 is 0 Å². The first-order chi connectivity index (χ1) is 36.7. The van der Waals surface area contributed by atoms with Crippen molar-refractivity contribution in [1.82, 2.24) is 0 Å². The Hall–Kier alpha value is -7.38. The van der Waals surface area contributed by atoms with Gasteiger partial charge in [0.2, 0.25) is 0 Å². The zero-order chi connectivity index (χ0) is 54.9. The molecule has 0 aromatic heterocycles. The molecule has 7 nitrogen and oxygen atoms in total. The van der Waals surface area contributed by atoms with Crippen molar-refractivity contribution in [3.8, 4) is 17.2 Å². The van der Waals surface area contributed by atoms with E-state index >= 15 is 0 Å². The van der Waals surface area contributed by atoms with Crippen LogP contribution in [0.3, 0.4) is 0 Å². The van der Waals surface area contributed by atoms with Gasteiger partial charge in [-0.25, -0.2) is 0 Å². The Morgan fingerprint density at radius 3 is 1.08 bits per heavy atom. The standard InChI is InChI=1S/C37H36O4.C33H36O3/c1-35(2)23-37(33-27(19-38)31(17-15-29(33)35)40-21-25-11-7-5-8-12-25)24-36(3,4)30-16-18-32(28(20-39)34(30)37)41-22-26-13-9-6-10-14-26;1-20-13-26-28(24(15-34)22(20)3)33(18-31(26,4)5)19-32(6,7)27-14-21(2)30(25(16-35)29(27)33)36-17-23-11-9-8-10-12-23/h5-20H,21-24H2,1-4H3;8-16H,17-19H2,1-7H3/t;33-/m.0/s1. The van der Waals surface area contributed by atoms with Crippen molar-refractivity contribution in [1.29, 1.82) is 0 Å². The summed E-state index contributed by atoms with van der Waals surface area (Å²) in [5, 5.41) is 0. The van der Waals surface area contributed by atoms with E-state index in [-0.39, 0.29) is 21.7 Å². The lowest BCUT2D eigenvalue weighted by Gasteiger charge is -2.32. The van der Waals surface area contributed by atoms with E-state index in [9.17, 15) is 19.2 Å². The van der Waals surface area contributed by atoms with Gasteiger partial charge in [0.15, 0.2) is 25.1 Å². The molecule has 0 saturated heterocycles. The fourth-order valence-corrected chi connectivity index (χ4v) is 14.8. The van der Waals surface area contributed by atoms with Crippen LogP contribution in [0.4, 0.5) is 0 Å². The van der Waals surface area contributed by atoms with E-state index in [4.69, 9.17) is 14.2 Å². The summed E-state index contributed by atoms with van der Waals surface area (Å²) >= 11 is 0. The number of benzene rings is 7. The van der Waals surface area contributed by atoms with Crippen LogP contribution in [-0.2, 0) is 52.3 Å². The van der Waals surface area contributed by atoms with E-state index in [1.165, 1.54) is 11.1 Å². The Labute approximate surface area is 455 Å². The lowest BCUT2D eigenvalue weighted by atomic mass is 9.70. The van der Waals surface area contributed by atoms with Gasteiger partial charge in [-0.1, -0.05) is 171 Å². The molecule has 7 aromatic carbocycles. The van der Waals surface area contributed by atoms with E-state index in [1.54, 1.807) is 0 Å². The second-order valence-corrected chi connectivity index (χ2v) is 25.0. The summed E-state index contributed by atoms with van der Waals surface area (Å²) in [4.78, 5) is 51.4. The van der Waals surface area contributed by atoms with E-state index in [0.29, 0.717) is 53.8 Å². The molecule has 0 aliphatic heterocycles. The van der Waals surface area contributed by atoms with Gasteiger partial charge in [-0.2, -0.15) is 0 Å². The summed E-state index contributed by atoms with van der Waals surface area (Å²) in [5.41, 5.74) is 16.2. The predicted molar refractivity (Wildman–Crippen MR) is 306 cm³/mol. The summed E-state index contributed by atoms with van der Waals surface area (Å²) in [6, 6.07) is 42.6. The normalized spacial score (nSPS) is 18.8. The van der Waals surface area contributed by atoms with Crippen molar-refractivity contribution >= 4 is 25.1 Å². The quantitative estimate of drug-likeness (QED) is 0.106. The average molecular weight is 1030 g/mol. The van der Waals surface area contributed by atoms with E-state index < -0.39 is 10.8 Å². The number of aryl methyl sites for hydroxylation is 2. The Morgan fingerprint density at radius 2 is 0.701 bits per heavy atom. The maximum atomic E-state index is 12.9. The van der Waals surface area contributed by atoms with Gasteiger partial charge in [-0.3, -0.25) is 19.2 Å². The molecule has 0 unspecified atom stereocenters. The van der Waals surface area contributed by atoms with E-state index in [1.807, 2.05) is 117 Å².